The number of esters is 1. The van der Waals surface area contributed by atoms with Crippen molar-refractivity contribution in [2.24, 2.45) is 5.14 Å². The third-order valence-electron chi connectivity index (χ3n) is 3.83. The summed E-state index contributed by atoms with van der Waals surface area (Å²) in [6.07, 6.45) is 0.408. The molecule has 1 aromatic heterocycles. The maximum absolute atomic E-state index is 12.3. The largest absolute Gasteiger partial charge is 0.467 e. The number of amides is 1. The third-order valence-corrected chi connectivity index (χ3v) is 4.87. The lowest BCUT2D eigenvalue weighted by atomic mass is 10.1. The van der Waals surface area contributed by atoms with Gasteiger partial charge in [-0.2, -0.15) is 0 Å². The van der Waals surface area contributed by atoms with Gasteiger partial charge >= 0.3 is 5.97 Å². The summed E-state index contributed by atoms with van der Waals surface area (Å²) in [5.41, 5.74) is 1.02. The fraction of sp³-hybridized carbons (Fsp3) is 0.294. The molecular formula is C17H20N2O6S. The van der Waals surface area contributed by atoms with Crippen LogP contribution in [0.5, 0.6) is 0 Å². The number of sulfonamides is 1. The van der Waals surface area contributed by atoms with Crippen LogP contribution in [-0.4, -0.2) is 26.4 Å². The molecule has 140 valence electrons. The summed E-state index contributed by atoms with van der Waals surface area (Å²) >= 11 is 0. The summed E-state index contributed by atoms with van der Waals surface area (Å²) in [6, 6.07) is 6.02. The van der Waals surface area contributed by atoms with E-state index in [9.17, 15) is 18.0 Å². The lowest BCUT2D eigenvalue weighted by molar-refractivity contribution is -0.129. The number of ether oxygens (including phenoxy) is 1. The first kappa shape index (κ1) is 19.7. The molecule has 1 aromatic carbocycles. The highest BCUT2D eigenvalue weighted by atomic mass is 32.2. The van der Waals surface area contributed by atoms with Crippen LogP contribution in [0.1, 0.15) is 34.2 Å². The topological polar surface area (TPSA) is 129 Å². The molecule has 0 fully saturated rings. The standard InChI is InChI=1S/C17H20N2O6S/c1-10-7-13(8-15(11(10)2)26(18,22)23)17(21)25-12(3)16(20)19-9-14-5-4-6-24-14/h4-8,12H,9H2,1-3H3,(H,19,20)(H2,18,22,23). The molecule has 0 bridgehead atoms. The van der Waals surface area contributed by atoms with Crippen LogP contribution in [0.2, 0.25) is 0 Å². The van der Waals surface area contributed by atoms with Crippen molar-refractivity contribution in [2.45, 2.75) is 38.3 Å². The summed E-state index contributed by atoms with van der Waals surface area (Å²) in [5, 5.41) is 7.75. The predicted molar refractivity (Wildman–Crippen MR) is 92.7 cm³/mol. The van der Waals surface area contributed by atoms with Crippen LogP contribution in [0, 0.1) is 13.8 Å². The Hall–Kier alpha value is -2.65. The molecule has 0 spiro atoms. The van der Waals surface area contributed by atoms with Crippen LogP contribution in [0.25, 0.3) is 0 Å². The molecule has 0 aliphatic rings. The minimum atomic E-state index is -3.99. The van der Waals surface area contributed by atoms with Gasteiger partial charge in [0, 0.05) is 0 Å². The highest BCUT2D eigenvalue weighted by molar-refractivity contribution is 7.89. The fourth-order valence-electron chi connectivity index (χ4n) is 2.25. The second-order valence-corrected chi connectivity index (χ2v) is 7.34. The molecular weight excluding hydrogens is 360 g/mol. The number of carbonyl (C=O) groups is 2. The van der Waals surface area contributed by atoms with E-state index in [2.05, 4.69) is 5.32 Å². The molecule has 0 saturated carbocycles. The Balaban J connectivity index is 2.09. The van der Waals surface area contributed by atoms with Crippen molar-refractivity contribution < 1.29 is 27.2 Å². The Morgan fingerprint density at radius 2 is 2.00 bits per heavy atom. The van der Waals surface area contributed by atoms with Gasteiger partial charge in [-0.15, -0.1) is 0 Å². The Kier molecular flexibility index (Phi) is 5.83. The molecule has 1 amide bonds. The van der Waals surface area contributed by atoms with Gasteiger partial charge in [0.1, 0.15) is 5.76 Å². The maximum Gasteiger partial charge on any atom is 0.338 e. The van der Waals surface area contributed by atoms with Crippen molar-refractivity contribution in [3.05, 3.63) is 53.0 Å². The van der Waals surface area contributed by atoms with Gasteiger partial charge in [-0.25, -0.2) is 18.4 Å². The number of aryl methyl sites for hydroxylation is 1. The molecule has 8 nitrogen and oxygen atoms in total. The van der Waals surface area contributed by atoms with Crippen molar-refractivity contribution in [1.82, 2.24) is 5.32 Å². The average molecular weight is 380 g/mol. The quantitative estimate of drug-likeness (QED) is 0.729. The van der Waals surface area contributed by atoms with Gasteiger partial charge in [-0.1, -0.05) is 0 Å². The number of nitrogens with one attached hydrogen (secondary N) is 1. The van der Waals surface area contributed by atoms with Gasteiger partial charge in [0.25, 0.3) is 5.91 Å². The molecule has 2 aromatic rings. The number of rotatable bonds is 6. The van der Waals surface area contributed by atoms with E-state index in [4.69, 9.17) is 14.3 Å². The summed E-state index contributed by atoms with van der Waals surface area (Å²) in [5.74, 6) is -0.771. The molecule has 0 aliphatic carbocycles. The van der Waals surface area contributed by atoms with E-state index in [-0.39, 0.29) is 17.0 Å². The van der Waals surface area contributed by atoms with Gasteiger partial charge in [-0.3, -0.25) is 4.79 Å². The van der Waals surface area contributed by atoms with Crippen LogP contribution in [-0.2, 0) is 26.1 Å². The zero-order valence-electron chi connectivity index (χ0n) is 14.6. The number of hydrogen-bond acceptors (Lipinski definition) is 6. The molecule has 0 saturated heterocycles. The Bertz CT molecular complexity index is 919. The fourth-order valence-corrected chi connectivity index (χ4v) is 3.13. The van der Waals surface area contributed by atoms with Crippen LogP contribution in [0.3, 0.4) is 0 Å². The summed E-state index contributed by atoms with van der Waals surface area (Å²) in [6.45, 7) is 4.82. The number of carbonyl (C=O) groups excluding carboxylic acids is 2. The second kappa shape index (κ2) is 7.71. The zero-order valence-corrected chi connectivity index (χ0v) is 15.4. The second-order valence-electron chi connectivity index (χ2n) is 5.81. The SMILES string of the molecule is Cc1cc(C(=O)OC(C)C(=O)NCc2ccco2)cc(S(N)(=O)=O)c1C. The molecule has 0 radical (unpaired) electrons. The third kappa shape index (κ3) is 4.70. The maximum atomic E-state index is 12.3. The molecule has 26 heavy (non-hydrogen) atoms. The van der Waals surface area contributed by atoms with E-state index >= 15 is 0 Å². The van der Waals surface area contributed by atoms with E-state index in [1.807, 2.05) is 0 Å². The molecule has 3 N–H and O–H groups in total. The highest BCUT2D eigenvalue weighted by Gasteiger charge is 2.22. The van der Waals surface area contributed by atoms with Gasteiger partial charge < -0.3 is 14.5 Å². The van der Waals surface area contributed by atoms with E-state index in [0.29, 0.717) is 16.9 Å². The minimum absolute atomic E-state index is 0.00260. The first-order chi connectivity index (χ1) is 12.1. The highest BCUT2D eigenvalue weighted by Crippen LogP contribution is 2.21. The van der Waals surface area contributed by atoms with Crippen molar-refractivity contribution in [1.29, 1.82) is 0 Å². The molecule has 0 aliphatic heterocycles. The Morgan fingerprint density at radius 1 is 1.31 bits per heavy atom. The van der Waals surface area contributed by atoms with Crippen LogP contribution in [0.15, 0.2) is 39.8 Å². The smallest absolute Gasteiger partial charge is 0.338 e. The van der Waals surface area contributed by atoms with Gasteiger partial charge in [0.2, 0.25) is 10.0 Å². The lowest BCUT2D eigenvalue weighted by Gasteiger charge is -2.14. The van der Waals surface area contributed by atoms with Crippen molar-refractivity contribution in [3.63, 3.8) is 0 Å². The first-order valence-electron chi connectivity index (χ1n) is 7.74. The summed E-state index contributed by atoms with van der Waals surface area (Å²) in [4.78, 5) is 24.1. The van der Waals surface area contributed by atoms with Crippen LogP contribution in [0.4, 0.5) is 0 Å². The number of primary sulfonamides is 1. The van der Waals surface area contributed by atoms with E-state index in [1.165, 1.54) is 19.3 Å². The number of hydrogen-bond donors (Lipinski definition) is 2. The molecule has 9 heteroatoms. The molecule has 1 heterocycles. The van der Waals surface area contributed by atoms with Crippen LogP contribution >= 0.6 is 0 Å². The van der Waals surface area contributed by atoms with Gasteiger partial charge in [-0.05, 0) is 56.2 Å². The van der Waals surface area contributed by atoms with E-state index < -0.39 is 28.0 Å². The van der Waals surface area contributed by atoms with Crippen molar-refractivity contribution in [3.8, 4) is 0 Å². The average Bonchev–Trinajstić information content (AvgIpc) is 3.07. The van der Waals surface area contributed by atoms with E-state index in [1.54, 1.807) is 26.0 Å². The van der Waals surface area contributed by atoms with Crippen molar-refractivity contribution >= 4 is 21.9 Å². The number of benzene rings is 1. The molecule has 1 unspecified atom stereocenters. The predicted octanol–water partition coefficient (Wildman–Crippen LogP) is 1.41. The monoisotopic (exact) mass is 380 g/mol. The van der Waals surface area contributed by atoms with Gasteiger partial charge in [0.15, 0.2) is 6.10 Å². The molecule has 1 atom stereocenters. The van der Waals surface area contributed by atoms with Gasteiger partial charge in [0.05, 0.1) is 23.3 Å². The summed E-state index contributed by atoms with van der Waals surface area (Å²) in [7, 11) is -3.99. The Morgan fingerprint density at radius 3 is 2.58 bits per heavy atom. The number of nitrogens with two attached hydrogens (primary N) is 1. The zero-order chi connectivity index (χ0) is 19.5. The Labute approximate surface area is 151 Å². The lowest BCUT2D eigenvalue weighted by Crippen LogP contribution is -2.35. The van der Waals surface area contributed by atoms with E-state index in [0.717, 1.165) is 6.07 Å². The van der Waals surface area contributed by atoms with Crippen molar-refractivity contribution in [2.75, 3.05) is 0 Å². The summed E-state index contributed by atoms with van der Waals surface area (Å²) < 4.78 is 33.5. The minimum Gasteiger partial charge on any atom is -0.467 e. The normalized spacial score (nSPS) is 12.5. The number of furan rings is 1. The molecule has 2 rings (SSSR count). The first-order valence-corrected chi connectivity index (χ1v) is 9.29. The van der Waals surface area contributed by atoms with Crippen LogP contribution < -0.4 is 10.5 Å².